The van der Waals surface area contributed by atoms with E-state index >= 15 is 0 Å². The van der Waals surface area contributed by atoms with Crippen molar-refractivity contribution in [2.75, 3.05) is 13.1 Å². The van der Waals surface area contributed by atoms with Crippen LogP contribution in [0.3, 0.4) is 0 Å². The van der Waals surface area contributed by atoms with E-state index in [2.05, 4.69) is 20.8 Å². The van der Waals surface area contributed by atoms with E-state index in [0.717, 1.165) is 19.5 Å². The van der Waals surface area contributed by atoms with Crippen LogP contribution in [-0.2, 0) is 4.74 Å². The first-order chi connectivity index (χ1) is 6.85. The molecule has 1 heterocycles. The summed E-state index contributed by atoms with van der Waals surface area (Å²) in [5.74, 6) is 1.19. The fourth-order valence-electron chi connectivity index (χ4n) is 2.09. The molecule has 0 aromatic rings. The molecule has 0 aromatic carbocycles. The summed E-state index contributed by atoms with van der Waals surface area (Å²) in [5.41, 5.74) is -0.313. The number of hydrogen-bond donors (Lipinski definition) is 0. The van der Waals surface area contributed by atoms with Crippen LogP contribution in [0, 0.1) is 11.8 Å². The largest absolute Gasteiger partial charge is 0.441 e. The Morgan fingerprint density at radius 2 is 2.07 bits per heavy atom. The predicted molar refractivity (Wildman–Crippen MR) is 60.8 cm³/mol. The molecular weight excluding hydrogens is 190 g/mol. The second-order valence-electron chi connectivity index (χ2n) is 5.42. The number of hydrogen-bond acceptors (Lipinski definition) is 2. The minimum absolute atomic E-state index is 0.154. The predicted octanol–water partition coefficient (Wildman–Crippen LogP) is 2.90. The molecule has 0 bridgehead atoms. The van der Waals surface area contributed by atoms with Gasteiger partial charge in [0, 0.05) is 6.54 Å². The van der Waals surface area contributed by atoms with Gasteiger partial charge in [-0.3, -0.25) is 0 Å². The third kappa shape index (κ3) is 3.11. The molecule has 1 rings (SSSR count). The van der Waals surface area contributed by atoms with Crippen molar-refractivity contribution in [1.82, 2.24) is 4.90 Å². The van der Waals surface area contributed by atoms with Crippen molar-refractivity contribution in [2.45, 2.75) is 46.6 Å². The van der Waals surface area contributed by atoms with Gasteiger partial charge in [-0.15, -0.1) is 0 Å². The second kappa shape index (κ2) is 4.42. The van der Waals surface area contributed by atoms with Gasteiger partial charge in [0.2, 0.25) is 0 Å². The third-order valence-electron chi connectivity index (χ3n) is 3.12. The average Bonchev–Trinajstić information content (AvgIpc) is 2.34. The monoisotopic (exact) mass is 213 g/mol. The summed E-state index contributed by atoms with van der Waals surface area (Å²) in [6, 6.07) is 0. The quantitative estimate of drug-likeness (QED) is 0.718. The first kappa shape index (κ1) is 12.3. The number of carbonyl (C=O) groups is 1. The Bertz CT molecular complexity index is 236. The van der Waals surface area contributed by atoms with Crippen molar-refractivity contribution in [3.8, 4) is 0 Å². The summed E-state index contributed by atoms with van der Waals surface area (Å²) in [4.78, 5) is 13.4. The molecule has 1 saturated heterocycles. The maximum absolute atomic E-state index is 11.6. The number of rotatable bonds is 4. The third-order valence-corrected chi connectivity index (χ3v) is 3.12. The minimum atomic E-state index is -0.313. The van der Waals surface area contributed by atoms with E-state index in [-0.39, 0.29) is 11.7 Å². The summed E-state index contributed by atoms with van der Waals surface area (Å²) < 4.78 is 5.27. The van der Waals surface area contributed by atoms with Crippen molar-refractivity contribution in [3.05, 3.63) is 0 Å². The molecule has 0 spiro atoms. The first-order valence-electron chi connectivity index (χ1n) is 5.83. The maximum Gasteiger partial charge on any atom is 0.410 e. The average molecular weight is 213 g/mol. The van der Waals surface area contributed by atoms with Crippen LogP contribution in [0.5, 0.6) is 0 Å². The highest BCUT2D eigenvalue weighted by Gasteiger charge is 2.38. The number of nitrogens with zero attached hydrogens (tertiary/aromatic N) is 1. The molecule has 88 valence electrons. The van der Waals surface area contributed by atoms with Gasteiger partial charge in [-0.05, 0) is 25.7 Å². The maximum atomic E-state index is 11.6. The molecular formula is C12H23NO2. The van der Waals surface area contributed by atoms with Gasteiger partial charge >= 0.3 is 6.09 Å². The van der Waals surface area contributed by atoms with Gasteiger partial charge in [-0.25, -0.2) is 4.79 Å². The van der Waals surface area contributed by atoms with Crippen LogP contribution in [-0.4, -0.2) is 29.7 Å². The lowest BCUT2D eigenvalue weighted by molar-refractivity contribution is 0.0856. The molecule has 1 aliphatic heterocycles. The van der Waals surface area contributed by atoms with Crippen LogP contribution in [0.1, 0.15) is 41.0 Å². The zero-order valence-electron chi connectivity index (χ0n) is 10.5. The summed E-state index contributed by atoms with van der Waals surface area (Å²) in [5, 5.41) is 0. The van der Waals surface area contributed by atoms with Crippen molar-refractivity contribution in [3.63, 3.8) is 0 Å². The van der Waals surface area contributed by atoms with Crippen LogP contribution in [0.25, 0.3) is 0 Å². The molecule has 1 amide bonds. The molecule has 3 heteroatoms. The van der Waals surface area contributed by atoms with E-state index in [4.69, 9.17) is 4.74 Å². The molecule has 3 nitrogen and oxygen atoms in total. The number of cyclic esters (lactones) is 1. The van der Waals surface area contributed by atoms with Gasteiger partial charge < -0.3 is 9.64 Å². The lowest BCUT2D eigenvalue weighted by Gasteiger charge is -2.24. The van der Waals surface area contributed by atoms with E-state index in [9.17, 15) is 4.79 Å². The highest BCUT2D eigenvalue weighted by molar-refractivity contribution is 5.70. The van der Waals surface area contributed by atoms with E-state index < -0.39 is 0 Å². The number of ether oxygens (including phenoxy) is 1. The molecule has 0 radical (unpaired) electrons. The van der Waals surface area contributed by atoms with Crippen LogP contribution < -0.4 is 0 Å². The van der Waals surface area contributed by atoms with E-state index in [1.165, 1.54) is 0 Å². The minimum Gasteiger partial charge on any atom is -0.441 e. The normalized spacial score (nSPS) is 22.0. The Morgan fingerprint density at radius 1 is 1.47 bits per heavy atom. The Morgan fingerprint density at radius 3 is 2.40 bits per heavy atom. The van der Waals surface area contributed by atoms with Crippen LogP contribution in [0.15, 0.2) is 0 Å². The van der Waals surface area contributed by atoms with Crippen molar-refractivity contribution < 1.29 is 9.53 Å². The van der Waals surface area contributed by atoms with Gasteiger partial charge in [0.05, 0.1) is 6.54 Å². The molecule has 0 unspecified atom stereocenters. The second-order valence-corrected chi connectivity index (χ2v) is 5.42. The van der Waals surface area contributed by atoms with E-state index in [0.29, 0.717) is 11.8 Å². The highest BCUT2D eigenvalue weighted by Crippen LogP contribution is 2.25. The SMILES string of the molecule is CC[C@@H](CN1CC(C)(C)OC1=O)C(C)C. The first-order valence-corrected chi connectivity index (χ1v) is 5.83. The smallest absolute Gasteiger partial charge is 0.410 e. The molecule has 0 aliphatic carbocycles. The number of carbonyl (C=O) groups excluding carboxylic acids is 1. The van der Waals surface area contributed by atoms with Gasteiger partial charge in [-0.2, -0.15) is 0 Å². The summed E-state index contributed by atoms with van der Waals surface area (Å²) in [6.45, 7) is 12.1. The lowest BCUT2D eigenvalue weighted by Crippen LogP contribution is -2.34. The van der Waals surface area contributed by atoms with Crippen LogP contribution in [0.4, 0.5) is 4.79 Å². The van der Waals surface area contributed by atoms with Crippen molar-refractivity contribution >= 4 is 6.09 Å². The van der Waals surface area contributed by atoms with Gasteiger partial charge in [-0.1, -0.05) is 27.2 Å². The molecule has 1 fully saturated rings. The van der Waals surface area contributed by atoms with Crippen molar-refractivity contribution in [2.24, 2.45) is 11.8 Å². The van der Waals surface area contributed by atoms with Crippen molar-refractivity contribution in [1.29, 1.82) is 0 Å². The van der Waals surface area contributed by atoms with E-state index in [1.54, 1.807) is 0 Å². The van der Waals surface area contributed by atoms with Crippen LogP contribution >= 0.6 is 0 Å². The summed E-state index contributed by atoms with van der Waals surface area (Å²) in [7, 11) is 0. The molecule has 0 N–H and O–H groups in total. The number of amides is 1. The van der Waals surface area contributed by atoms with Crippen LogP contribution in [0.2, 0.25) is 0 Å². The molecule has 15 heavy (non-hydrogen) atoms. The Kier molecular flexibility index (Phi) is 3.63. The lowest BCUT2D eigenvalue weighted by atomic mass is 9.92. The summed E-state index contributed by atoms with van der Waals surface area (Å²) in [6.07, 6.45) is 0.959. The molecule has 1 aliphatic rings. The fraction of sp³-hybridized carbons (Fsp3) is 0.917. The molecule has 0 aromatic heterocycles. The zero-order valence-corrected chi connectivity index (χ0v) is 10.5. The molecule has 0 saturated carbocycles. The zero-order chi connectivity index (χ0) is 11.6. The Hall–Kier alpha value is -0.730. The molecule has 1 atom stereocenters. The Labute approximate surface area is 92.8 Å². The van der Waals surface area contributed by atoms with Gasteiger partial charge in [0.25, 0.3) is 0 Å². The van der Waals surface area contributed by atoms with Gasteiger partial charge in [0.15, 0.2) is 0 Å². The summed E-state index contributed by atoms with van der Waals surface area (Å²) >= 11 is 0. The fourth-order valence-corrected chi connectivity index (χ4v) is 2.09. The van der Waals surface area contributed by atoms with E-state index in [1.807, 2.05) is 18.7 Å². The Balaban J connectivity index is 2.55. The van der Waals surface area contributed by atoms with Gasteiger partial charge in [0.1, 0.15) is 5.60 Å². The topological polar surface area (TPSA) is 29.5 Å². The standard InChI is InChI=1S/C12H23NO2/c1-6-10(9(2)3)7-13-8-12(4,5)15-11(13)14/h9-10H,6-8H2,1-5H3/t10-/m0/s1. The highest BCUT2D eigenvalue weighted by atomic mass is 16.6.